The maximum atomic E-state index is 12.0. The van der Waals surface area contributed by atoms with Crippen LogP contribution in [0.3, 0.4) is 0 Å². The lowest BCUT2D eigenvalue weighted by atomic mass is 10.2. The second-order valence-corrected chi connectivity index (χ2v) is 5.08. The van der Waals surface area contributed by atoms with Crippen LogP contribution in [0.2, 0.25) is 0 Å². The van der Waals surface area contributed by atoms with Gasteiger partial charge in [-0.05, 0) is 32.0 Å². The van der Waals surface area contributed by atoms with Crippen molar-refractivity contribution in [2.24, 2.45) is 0 Å². The van der Waals surface area contributed by atoms with E-state index in [9.17, 15) is 4.79 Å². The highest BCUT2D eigenvalue weighted by atomic mass is 32.1. The molecule has 0 spiro atoms. The number of likely N-dealkylation sites (tertiary alicyclic amines) is 1. The van der Waals surface area contributed by atoms with Gasteiger partial charge in [-0.2, -0.15) is 0 Å². The van der Waals surface area contributed by atoms with Gasteiger partial charge in [0.15, 0.2) is 0 Å². The van der Waals surface area contributed by atoms with Crippen molar-refractivity contribution < 1.29 is 4.79 Å². The highest BCUT2D eigenvalue weighted by Crippen LogP contribution is 2.18. The summed E-state index contributed by atoms with van der Waals surface area (Å²) in [5.74, 6) is 0.189. The fourth-order valence-corrected chi connectivity index (χ4v) is 2.59. The third-order valence-electron chi connectivity index (χ3n) is 2.91. The Kier molecular flexibility index (Phi) is 3.07. The summed E-state index contributed by atoms with van der Waals surface area (Å²) in [6.45, 7) is 1.75. The fourth-order valence-electron chi connectivity index (χ4n) is 1.90. The van der Waals surface area contributed by atoms with E-state index in [0.29, 0.717) is 6.04 Å². The summed E-state index contributed by atoms with van der Waals surface area (Å²) in [4.78, 5) is 17.0. The molecule has 1 aliphatic rings. The van der Waals surface area contributed by atoms with Crippen LogP contribution in [0.4, 0.5) is 0 Å². The quantitative estimate of drug-likeness (QED) is 0.760. The van der Waals surface area contributed by atoms with Crippen molar-refractivity contribution >= 4 is 17.2 Å². The molecular weight excluding hydrogens is 208 g/mol. The summed E-state index contributed by atoms with van der Waals surface area (Å²) in [6.07, 6.45) is 1.09. The number of amides is 1. The average molecular weight is 224 g/mol. The van der Waals surface area contributed by atoms with Gasteiger partial charge in [-0.1, -0.05) is 6.07 Å². The monoisotopic (exact) mass is 224 g/mol. The molecule has 82 valence electrons. The van der Waals surface area contributed by atoms with Crippen molar-refractivity contribution in [2.45, 2.75) is 12.5 Å². The molecule has 1 saturated heterocycles. The molecule has 0 bridgehead atoms. The predicted octanol–water partition coefficient (Wildman–Crippen LogP) is 1.52. The van der Waals surface area contributed by atoms with Crippen LogP contribution in [0.25, 0.3) is 0 Å². The molecule has 1 fully saturated rings. The lowest BCUT2D eigenvalue weighted by molar-refractivity contribution is 0.0788. The molecule has 2 heterocycles. The first-order valence-corrected chi connectivity index (χ1v) is 6.05. The van der Waals surface area contributed by atoms with Crippen molar-refractivity contribution in [1.82, 2.24) is 9.80 Å². The molecule has 1 aromatic rings. The van der Waals surface area contributed by atoms with Crippen LogP contribution in [0.15, 0.2) is 17.5 Å². The van der Waals surface area contributed by atoms with Crippen LogP contribution < -0.4 is 0 Å². The minimum absolute atomic E-state index is 0.189. The lowest BCUT2D eigenvalue weighted by Gasteiger charge is -2.19. The van der Waals surface area contributed by atoms with E-state index in [4.69, 9.17) is 0 Å². The van der Waals surface area contributed by atoms with E-state index >= 15 is 0 Å². The highest BCUT2D eigenvalue weighted by molar-refractivity contribution is 7.12. The number of nitrogens with zero attached hydrogens (tertiary/aromatic N) is 2. The van der Waals surface area contributed by atoms with Crippen molar-refractivity contribution in [3.05, 3.63) is 22.4 Å². The maximum absolute atomic E-state index is 12.0. The SMILES string of the molecule is CN(C)[C@@H]1CCN(C(=O)c2cccs2)C1. The summed E-state index contributed by atoms with van der Waals surface area (Å²) in [5.41, 5.74) is 0. The van der Waals surface area contributed by atoms with Gasteiger partial charge in [0.25, 0.3) is 5.91 Å². The van der Waals surface area contributed by atoms with E-state index in [2.05, 4.69) is 19.0 Å². The van der Waals surface area contributed by atoms with Crippen LogP contribution >= 0.6 is 11.3 Å². The summed E-state index contributed by atoms with van der Waals surface area (Å²) >= 11 is 1.52. The molecule has 0 radical (unpaired) electrons. The number of hydrogen-bond donors (Lipinski definition) is 0. The minimum Gasteiger partial charge on any atom is -0.336 e. The second kappa shape index (κ2) is 4.33. The Hall–Kier alpha value is -0.870. The van der Waals surface area contributed by atoms with Crippen molar-refractivity contribution in [2.75, 3.05) is 27.2 Å². The Morgan fingerprint density at radius 3 is 2.93 bits per heavy atom. The van der Waals surface area contributed by atoms with E-state index in [1.165, 1.54) is 11.3 Å². The van der Waals surface area contributed by atoms with Gasteiger partial charge in [0.05, 0.1) is 4.88 Å². The van der Waals surface area contributed by atoms with E-state index in [-0.39, 0.29) is 5.91 Å². The molecular formula is C11H16N2OS. The van der Waals surface area contributed by atoms with E-state index in [1.54, 1.807) is 0 Å². The van der Waals surface area contributed by atoms with E-state index in [1.807, 2.05) is 22.4 Å². The molecule has 0 unspecified atom stereocenters. The Bertz CT molecular complexity index is 334. The van der Waals surface area contributed by atoms with Gasteiger partial charge in [0, 0.05) is 19.1 Å². The summed E-state index contributed by atoms with van der Waals surface area (Å²) in [5, 5.41) is 1.95. The molecule has 0 saturated carbocycles. The molecule has 15 heavy (non-hydrogen) atoms. The third kappa shape index (κ3) is 2.21. The zero-order valence-electron chi connectivity index (χ0n) is 9.14. The Labute approximate surface area is 94.3 Å². The molecule has 1 aromatic heterocycles. The standard InChI is InChI=1S/C11H16N2OS/c1-12(2)9-5-6-13(8-9)11(14)10-4-3-7-15-10/h3-4,7,9H,5-6,8H2,1-2H3/t9-/m1/s1. The van der Waals surface area contributed by atoms with Gasteiger partial charge >= 0.3 is 0 Å². The number of thiophene rings is 1. The Morgan fingerprint density at radius 1 is 1.60 bits per heavy atom. The number of carbonyl (C=O) groups is 1. The lowest BCUT2D eigenvalue weighted by Crippen LogP contribution is -2.34. The van der Waals surface area contributed by atoms with Gasteiger partial charge in [-0.25, -0.2) is 0 Å². The second-order valence-electron chi connectivity index (χ2n) is 4.13. The van der Waals surface area contributed by atoms with Gasteiger partial charge in [-0.3, -0.25) is 4.79 Å². The Morgan fingerprint density at radius 2 is 2.40 bits per heavy atom. The molecule has 3 nitrogen and oxygen atoms in total. The summed E-state index contributed by atoms with van der Waals surface area (Å²) < 4.78 is 0. The van der Waals surface area contributed by atoms with E-state index < -0.39 is 0 Å². The smallest absolute Gasteiger partial charge is 0.263 e. The van der Waals surface area contributed by atoms with Crippen LogP contribution in [0, 0.1) is 0 Å². The fraction of sp³-hybridized carbons (Fsp3) is 0.545. The summed E-state index contributed by atoms with van der Waals surface area (Å²) in [6, 6.07) is 4.35. The van der Waals surface area contributed by atoms with Crippen LogP contribution in [-0.4, -0.2) is 48.9 Å². The number of carbonyl (C=O) groups excluding carboxylic acids is 1. The van der Waals surface area contributed by atoms with Crippen molar-refractivity contribution in [3.63, 3.8) is 0 Å². The van der Waals surface area contributed by atoms with Gasteiger partial charge in [-0.15, -0.1) is 11.3 Å². The number of hydrogen-bond acceptors (Lipinski definition) is 3. The first kappa shape index (κ1) is 10.6. The first-order valence-electron chi connectivity index (χ1n) is 5.17. The predicted molar refractivity (Wildman–Crippen MR) is 62.3 cm³/mol. The van der Waals surface area contributed by atoms with E-state index in [0.717, 1.165) is 24.4 Å². The average Bonchev–Trinajstić information content (AvgIpc) is 2.88. The van der Waals surface area contributed by atoms with Gasteiger partial charge in [0.1, 0.15) is 0 Å². The molecule has 0 N–H and O–H groups in total. The molecule has 1 atom stereocenters. The normalized spacial score (nSPS) is 21.3. The largest absolute Gasteiger partial charge is 0.336 e. The van der Waals surface area contributed by atoms with Gasteiger partial charge < -0.3 is 9.80 Å². The van der Waals surface area contributed by atoms with Crippen LogP contribution in [0.5, 0.6) is 0 Å². The number of likely N-dealkylation sites (N-methyl/N-ethyl adjacent to an activating group) is 1. The Balaban J connectivity index is 1.99. The molecule has 0 aliphatic carbocycles. The summed E-state index contributed by atoms with van der Waals surface area (Å²) in [7, 11) is 4.15. The van der Waals surface area contributed by atoms with Crippen LogP contribution in [0.1, 0.15) is 16.1 Å². The zero-order valence-corrected chi connectivity index (χ0v) is 9.96. The van der Waals surface area contributed by atoms with Crippen molar-refractivity contribution in [1.29, 1.82) is 0 Å². The molecule has 1 aliphatic heterocycles. The molecule has 1 amide bonds. The van der Waals surface area contributed by atoms with Crippen LogP contribution in [-0.2, 0) is 0 Å². The molecule has 0 aromatic carbocycles. The van der Waals surface area contributed by atoms with Gasteiger partial charge in [0.2, 0.25) is 0 Å². The highest BCUT2D eigenvalue weighted by Gasteiger charge is 2.28. The molecule has 2 rings (SSSR count). The maximum Gasteiger partial charge on any atom is 0.263 e. The minimum atomic E-state index is 0.189. The topological polar surface area (TPSA) is 23.6 Å². The zero-order chi connectivity index (χ0) is 10.8. The molecule has 4 heteroatoms. The van der Waals surface area contributed by atoms with Crippen molar-refractivity contribution in [3.8, 4) is 0 Å². The number of rotatable bonds is 2. The first-order chi connectivity index (χ1) is 7.18. The third-order valence-corrected chi connectivity index (χ3v) is 3.77.